The molecule has 2 rings (SSSR count). The highest BCUT2D eigenvalue weighted by atomic mass is 35.5. The van der Waals surface area contributed by atoms with Gasteiger partial charge in [-0.15, -0.1) is 0 Å². The summed E-state index contributed by atoms with van der Waals surface area (Å²) in [6, 6.07) is 5.99. The van der Waals surface area contributed by atoms with E-state index in [1.165, 1.54) is 25.3 Å². The number of rotatable bonds is 6. The summed E-state index contributed by atoms with van der Waals surface area (Å²) in [7, 11) is 1.32. The number of aryl methyl sites for hydroxylation is 2. The highest BCUT2D eigenvalue weighted by molar-refractivity contribution is 6.32. The standard InChI is InChI=1S/C17H16ClF2NO4/c1-9-6-10(2)21-15(18)14(9)16(22)24-8-11-4-5-12(25-17(19)20)13(7-11)23-3/h4-7,17H,8H2,1-3H3. The van der Waals surface area contributed by atoms with Crippen LogP contribution in [0.1, 0.15) is 27.2 Å². The van der Waals surface area contributed by atoms with Gasteiger partial charge in [0.15, 0.2) is 11.5 Å². The number of esters is 1. The number of hydrogen-bond acceptors (Lipinski definition) is 5. The van der Waals surface area contributed by atoms with Crippen LogP contribution in [0.2, 0.25) is 5.15 Å². The Morgan fingerprint density at radius 2 is 1.96 bits per heavy atom. The fourth-order valence-corrected chi connectivity index (χ4v) is 2.61. The van der Waals surface area contributed by atoms with Crippen molar-refractivity contribution in [2.24, 2.45) is 0 Å². The number of alkyl halides is 2. The molecule has 2 aromatic rings. The molecular weight excluding hydrogens is 356 g/mol. The van der Waals surface area contributed by atoms with Gasteiger partial charge in [-0.3, -0.25) is 0 Å². The zero-order chi connectivity index (χ0) is 18.6. The Hall–Kier alpha value is -2.41. The van der Waals surface area contributed by atoms with E-state index in [0.29, 0.717) is 16.8 Å². The number of pyridine rings is 1. The second-order valence-electron chi connectivity index (χ2n) is 5.19. The minimum atomic E-state index is -2.96. The van der Waals surface area contributed by atoms with Crippen LogP contribution in [0.15, 0.2) is 24.3 Å². The first-order valence-corrected chi connectivity index (χ1v) is 7.62. The summed E-state index contributed by atoms with van der Waals surface area (Å²) >= 11 is 6.01. The third-order valence-electron chi connectivity index (χ3n) is 3.32. The normalized spacial score (nSPS) is 10.7. The number of benzene rings is 1. The van der Waals surface area contributed by atoms with Gasteiger partial charge in [-0.25, -0.2) is 9.78 Å². The molecule has 8 heteroatoms. The first kappa shape index (κ1) is 18.9. The minimum Gasteiger partial charge on any atom is -0.493 e. The van der Waals surface area contributed by atoms with Gasteiger partial charge < -0.3 is 14.2 Å². The zero-order valence-electron chi connectivity index (χ0n) is 13.8. The lowest BCUT2D eigenvalue weighted by atomic mass is 10.1. The number of carbonyl (C=O) groups is 1. The summed E-state index contributed by atoms with van der Waals surface area (Å²) in [5.74, 6) is -0.615. The van der Waals surface area contributed by atoms with E-state index in [9.17, 15) is 13.6 Å². The van der Waals surface area contributed by atoms with Gasteiger partial charge in [-0.1, -0.05) is 17.7 Å². The molecule has 0 amide bonds. The van der Waals surface area contributed by atoms with E-state index in [1.807, 2.05) is 0 Å². The highest BCUT2D eigenvalue weighted by Gasteiger charge is 2.18. The van der Waals surface area contributed by atoms with Crippen molar-refractivity contribution in [2.75, 3.05) is 7.11 Å². The van der Waals surface area contributed by atoms with E-state index in [1.54, 1.807) is 19.9 Å². The van der Waals surface area contributed by atoms with Gasteiger partial charge >= 0.3 is 12.6 Å². The molecule has 0 fully saturated rings. The Bertz CT molecular complexity index is 760. The maximum absolute atomic E-state index is 12.3. The molecule has 5 nitrogen and oxygen atoms in total. The molecule has 1 aromatic heterocycles. The molecule has 0 saturated carbocycles. The van der Waals surface area contributed by atoms with E-state index in [2.05, 4.69) is 9.72 Å². The van der Waals surface area contributed by atoms with Gasteiger partial charge in [0.25, 0.3) is 0 Å². The summed E-state index contributed by atoms with van der Waals surface area (Å²) in [5, 5.41) is 0.0701. The molecule has 0 radical (unpaired) electrons. The average Bonchev–Trinajstić information content (AvgIpc) is 2.52. The highest BCUT2D eigenvalue weighted by Crippen LogP contribution is 2.30. The Balaban J connectivity index is 2.12. The molecule has 0 N–H and O–H groups in total. The number of halogens is 3. The van der Waals surface area contributed by atoms with Gasteiger partial charge in [-0.2, -0.15) is 8.78 Å². The van der Waals surface area contributed by atoms with E-state index < -0.39 is 12.6 Å². The molecule has 0 spiro atoms. The first-order chi connectivity index (χ1) is 11.8. The van der Waals surface area contributed by atoms with Crippen molar-refractivity contribution in [3.8, 4) is 11.5 Å². The quantitative estimate of drug-likeness (QED) is 0.559. The first-order valence-electron chi connectivity index (χ1n) is 7.24. The van der Waals surface area contributed by atoms with Crippen molar-refractivity contribution in [2.45, 2.75) is 27.1 Å². The van der Waals surface area contributed by atoms with Crippen molar-refractivity contribution in [3.05, 3.63) is 51.8 Å². The van der Waals surface area contributed by atoms with Gasteiger partial charge in [0.1, 0.15) is 11.8 Å². The third-order valence-corrected chi connectivity index (χ3v) is 3.59. The number of hydrogen-bond donors (Lipinski definition) is 0. The Morgan fingerprint density at radius 1 is 1.24 bits per heavy atom. The SMILES string of the molecule is COc1cc(COC(=O)c2c(C)cc(C)nc2Cl)ccc1OC(F)F. The van der Waals surface area contributed by atoms with Crippen LogP contribution in [0, 0.1) is 13.8 Å². The maximum atomic E-state index is 12.3. The van der Waals surface area contributed by atoms with Crippen LogP contribution in [0.25, 0.3) is 0 Å². The van der Waals surface area contributed by atoms with Crippen molar-refractivity contribution in [1.82, 2.24) is 4.98 Å². The molecule has 134 valence electrons. The minimum absolute atomic E-state index is 0.0701. The fraction of sp³-hybridized carbons (Fsp3) is 0.294. The number of carbonyl (C=O) groups excluding carboxylic acids is 1. The lowest BCUT2D eigenvalue weighted by Gasteiger charge is -2.12. The van der Waals surface area contributed by atoms with E-state index >= 15 is 0 Å². The lowest BCUT2D eigenvalue weighted by molar-refractivity contribution is -0.0512. The largest absolute Gasteiger partial charge is 0.493 e. The van der Waals surface area contributed by atoms with Gasteiger partial charge in [0, 0.05) is 5.69 Å². The van der Waals surface area contributed by atoms with Gasteiger partial charge in [0.05, 0.1) is 12.7 Å². The zero-order valence-corrected chi connectivity index (χ0v) is 14.6. The molecular formula is C17H16ClF2NO4. The summed E-state index contributed by atoms with van der Waals surface area (Å²) in [4.78, 5) is 16.3. The third kappa shape index (κ3) is 4.79. The second-order valence-corrected chi connectivity index (χ2v) is 5.54. The monoisotopic (exact) mass is 371 g/mol. The van der Waals surface area contributed by atoms with E-state index in [-0.39, 0.29) is 28.8 Å². The topological polar surface area (TPSA) is 57.7 Å². The molecule has 25 heavy (non-hydrogen) atoms. The summed E-state index contributed by atoms with van der Waals surface area (Å²) in [6.45, 7) is 0.449. The Labute approximate surface area is 148 Å². The Kier molecular flexibility index (Phi) is 6.14. The smallest absolute Gasteiger partial charge is 0.387 e. The summed E-state index contributed by atoms with van der Waals surface area (Å²) in [5.41, 5.74) is 2.08. The van der Waals surface area contributed by atoms with Crippen molar-refractivity contribution >= 4 is 17.6 Å². The van der Waals surface area contributed by atoms with E-state index in [0.717, 1.165) is 0 Å². The Morgan fingerprint density at radius 3 is 2.56 bits per heavy atom. The number of methoxy groups -OCH3 is 1. The summed E-state index contributed by atoms with van der Waals surface area (Å²) in [6.07, 6.45) is 0. The summed E-state index contributed by atoms with van der Waals surface area (Å²) < 4.78 is 39.2. The van der Waals surface area contributed by atoms with Gasteiger partial charge in [0.2, 0.25) is 0 Å². The predicted molar refractivity (Wildman–Crippen MR) is 87.5 cm³/mol. The lowest BCUT2D eigenvalue weighted by Crippen LogP contribution is -2.10. The average molecular weight is 372 g/mol. The van der Waals surface area contributed by atoms with Crippen molar-refractivity contribution < 1.29 is 27.8 Å². The maximum Gasteiger partial charge on any atom is 0.387 e. The second kappa shape index (κ2) is 8.11. The predicted octanol–water partition coefficient (Wildman–Crippen LogP) is 4.32. The van der Waals surface area contributed by atoms with Gasteiger partial charge in [-0.05, 0) is 43.2 Å². The fourth-order valence-electron chi connectivity index (χ4n) is 2.25. The van der Waals surface area contributed by atoms with Crippen LogP contribution in [0.3, 0.4) is 0 Å². The van der Waals surface area contributed by atoms with Crippen LogP contribution < -0.4 is 9.47 Å². The number of aromatic nitrogens is 1. The molecule has 0 aliphatic carbocycles. The van der Waals surface area contributed by atoms with Crippen molar-refractivity contribution in [1.29, 1.82) is 0 Å². The van der Waals surface area contributed by atoms with Crippen LogP contribution in [-0.2, 0) is 11.3 Å². The van der Waals surface area contributed by atoms with Crippen LogP contribution in [0.5, 0.6) is 11.5 Å². The molecule has 0 bridgehead atoms. The molecule has 0 aliphatic heterocycles. The molecule has 0 aliphatic rings. The molecule has 0 unspecified atom stereocenters. The number of nitrogens with zero attached hydrogens (tertiary/aromatic N) is 1. The van der Waals surface area contributed by atoms with E-state index in [4.69, 9.17) is 21.1 Å². The van der Waals surface area contributed by atoms with Crippen molar-refractivity contribution in [3.63, 3.8) is 0 Å². The molecule has 0 atom stereocenters. The van der Waals surface area contributed by atoms with Crippen LogP contribution in [0.4, 0.5) is 8.78 Å². The van der Waals surface area contributed by atoms with Crippen LogP contribution in [-0.4, -0.2) is 24.7 Å². The molecule has 1 heterocycles. The molecule has 1 aromatic carbocycles. The molecule has 0 saturated heterocycles. The number of ether oxygens (including phenoxy) is 3. The van der Waals surface area contributed by atoms with Crippen LogP contribution >= 0.6 is 11.6 Å².